The summed E-state index contributed by atoms with van der Waals surface area (Å²) in [4.78, 5) is 21.3. The van der Waals surface area contributed by atoms with Gasteiger partial charge < -0.3 is 14.2 Å². The fraction of sp³-hybridized carbons (Fsp3) is 0.278. The number of fused-ring (bicyclic) bond motifs is 1. The molecule has 0 spiro atoms. The first-order valence-corrected chi connectivity index (χ1v) is 10.9. The van der Waals surface area contributed by atoms with E-state index >= 15 is 0 Å². The smallest absolute Gasteiger partial charge is 0.295 e. The molecular formula is C18H17N5O9S. The lowest BCUT2D eigenvalue weighted by atomic mass is 10.1. The van der Waals surface area contributed by atoms with Crippen molar-refractivity contribution in [2.45, 2.75) is 4.90 Å². The third-order valence-electron chi connectivity index (χ3n) is 4.88. The molecule has 14 nitrogen and oxygen atoms in total. The van der Waals surface area contributed by atoms with E-state index < -0.39 is 25.6 Å². The fourth-order valence-electron chi connectivity index (χ4n) is 3.23. The summed E-state index contributed by atoms with van der Waals surface area (Å²) in [6, 6.07) is 5.91. The number of sulfonamides is 1. The Morgan fingerprint density at radius 3 is 2.33 bits per heavy atom. The highest BCUT2D eigenvalue weighted by Crippen LogP contribution is 2.37. The second kappa shape index (κ2) is 8.97. The van der Waals surface area contributed by atoms with Gasteiger partial charge in [-0.25, -0.2) is 8.42 Å². The Balaban J connectivity index is 1.60. The minimum absolute atomic E-state index is 0.0722. The van der Waals surface area contributed by atoms with Gasteiger partial charge in [-0.2, -0.15) is 9.41 Å². The molecule has 0 bridgehead atoms. The molecule has 1 N–H and O–H groups in total. The molecule has 2 aromatic rings. The number of nitro groups is 2. The van der Waals surface area contributed by atoms with Gasteiger partial charge in [0, 0.05) is 19.2 Å². The quantitative estimate of drug-likeness (QED) is 0.349. The molecule has 0 atom stereocenters. The first-order valence-electron chi connectivity index (χ1n) is 9.51. The zero-order valence-electron chi connectivity index (χ0n) is 16.9. The van der Waals surface area contributed by atoms with Gasteiger partial charge in [-0.15, -0.1) is 0 Å². The molecule has 0 aliphatic carbocycles. The lowest BCUT2D eigenvalue weighted by Crippen LogP contribution is -2.40. The van der Waals surface area contributed by atoms with Gasteiger partial charge in [-0.3, -0.25) is 25.7 Å². The lowest BCUT2D eigenvalue weighted by molar-refractivity contribution is -0.385. The molecule has 2 aromatic carbocycles. The molecular weight excluding hydrogens is 462 g/mol. The molecule has 0 amide bonds. The number of nitrogens with zero attached hydrogens (tertiary/aromatic N) is 4. The summed E-state index contributed by atoms with van der Waals surface area (Å²) in [5.74, 6) is 0.519. The third-order valence-corrected chi connectivity index (χ3v) is 6.78. The van der Waals surface area contributed by atoms with Gasteiger partial charge in [0.25, 0.3) is 11.4 Å². The number of hydrazone groups is 1. The lowest BCUT2D eigenvalue weighted by Gasteiger charge is -2.26. The summed E-state index contributed by atoms with van der Waals surface area (Å²) in [6.07, 6.45) is 1.10. The van der Waals surface area contributed by atoms with Gasteiger partial charge in [0.1, 0.15) is 5.69 Å². The van der Waals surface area contributed by atoms with E-state index in [0.717, 1.165) is 12.3 Å². The number of hydrogen-bond acceptors (Lipinski definition) is 11. The van der Waals surface area contributed by atoms with Crippen LogP contribution in [0.4, 0.5) is 17.1 Å². The van der Waals surface area contributed by atoms with E-state index in [9.17, 15) is 28.6 Å². The zero-order valence-corrected chi connectivity index (χ0v) is 17.7. The van der Waals surface area contributed by atoms with Gasteiger partial charge in [-0.05, 0) is 18.2 Å². The minimum Gasteiger partial charge on any atom is -0.454 e. The molecule has 15 heteroatoms. The van der Waals surface area contributed by atoms with E-state index in [2.05, 4.69) is 10.5 Å². The van der Waals surface area contributed by atoms with Crippen LogP contribution in [0.2, 0.25) is 0 Å². The Hall–Kier alpha value is -3.82. The molecule has 4 rings (SSSR count). The molecule has 0 aromatic heterocycles. The van der Waals surface area contributed by atoms with Crippen LogP contribution in [0, 0.1) is 20.2 Å². The van der Waals surface area contributed by atoms with Crippen molar-refractivity contribution in [3.8, 4) is 11.5 Å². The monoisotopic (exact) mass is 479 g/mol. The SMILES string of the molecule is O=[N+]([O-])c1cc2c(cc1C=NNc1ccc(S(=O)(=O)N3CCOCC3)cc1[N+](=O)[O-])OCO2. The van der Waals surface area contributed by atoms with Crippen LogP contribution in [-0.4, -0.2) is 61.9 Å². The average molecular weight is 479 g/mol. The van der Waals surface area contributed by atoms with Crippen molar-refractivity contribution in [1.29, 1.82) is 0 Å². The molecule has 2 aliphatic rings. The van der Waals surface area contributed by atoms with E-state index in [1.165, 1.54) is 28.6 Å². The standard InChI is InChI=1S/C18H17N5O9S/c24-22(25)15-9-18-17(31-11-32-18)7-12(15)10-19-20-14-2-1-13(8-16(14)23(26)27)33(28,29)21-3-5-30-6-4-21/h1-2,7-10,20H,3-6,11H2. The van der Waals surface area contributed by atoms with Crippen molar-refractivity contribution < 1.29 is 32.5 Å². The number of benzene rings is 2. The van der Waals surface area contributed by atoms with Gasteiger partial charge in [0.15, 0.2) is 11.5 Å². The Labute approximate surface area is 186 Å². The zero-order chi connectivity index (χ0) is 23.6. The summed E-state index contributed by atoms with van der Waals surface area (Å²) < 4.78 is 42.2. The number of hydrogen-bond donors (Lipinski definition) is 1. The fourth-order valence-corrected chi connectivity index (χ4v) is 4.66. The average Bonchev–Trinajstić information content (AvgIpc) is 3.26. The second-order valence-electron chi connectivity index (χ2n) is 6.84. The van der Waals surface area contributed by atoms with Crippen molar-refractivity contribution in [1.82, 2.24) is 4.31 Å². The van der Waals surface area contributed by atoms with Gasteiger partial charge in [0.2, 0.25) is 16.8 Å². The Morgan fingerprint density at radius 2 is 1.67 bits per heavy atom. The van der Waals surface area contributed by atoms with E-state index in [0.29, 0.717) is 5.75 Å². The maximum Gasteiger partial charge on any atom is 0.295 e. The second-order valence-corrected chi connectivity index (χ2v) is 8.78. The highest BCUT2D eigenvalue weighted by molar-refractivity contribution is 7.89. The normalized spacial score (nSPS) is 16.1. The topological polar surface area (TPSA) is 176 Å². The molecule has 0 saturated carbocycles. The first-order chi connectivity index (χ1) is 15.8. The van der Waals surface area contributed by atoms with Crippen LogP contribution in [0.5, 0.6) is 11.5 Å². The van der Waals surface area contributed by atoms with E-state index in [1.54, 1.807) is 0 Å². The highest BCUT2D eigenvalue weighted by Gasteiger charge is 2.29. The maximum atomic E-state index is 12.8. The summed E-state index contributed by atoms with van der Waals surface area (Å²) in [5.41, 5.74) is 1.59. The largest absolute Gasteiger partial charge is 0.454 e. The van der Waals surface area contributed by atoms with Crippen molar-refractivity contribution in [3.05, 3.63) is 56.1 Å². The first kappa shape index (κ1) is 22.4. The summed E-state index contributed by atoms with van der Waals surface area (Å²) in [5, 5.41) is 26.7. The summed E-state index contributed by atoms with van der Waals surface area (Å²) >= 11 is 0. The molecule has 0 unspecified atom stereocenters. The number of ether oxygens (including phenoxy) is 3. The molecule has 1 fully saturated rings. The van der Waals surface area contributed by atoms with Crippen molar-refractivity contribution in [2.24, 2.45) is 5.10 Å². The number of morpholine rings is 1. The number of rotatable bonds is 7. The van der Waals surface area contributed by atoms with Crippen LogP contribution in [0.1, 0.15) is 5.56 Å². The minimum atomic E-state index is -3.94. The highest BCUT2D eigenvalue weighted by atomic mass is 32.2. The predicted octanol–water partition coefficient (Wildman–Crippen LogP) is 1.70. The Bertz CT molecular complexity index is 1240. The molecule has 1 saturated heterocycles. The summed E-state index contributed by atoms with van der Waals surface area (Å²) in [7, 11) is -3.94. The van der Waals surface area contributed by atoms with Gasteiger partial charge in [-0.1, -0.05) is 0 Å². The maximum absolute atomic E-state index is 12.8. The van der Waals surface area contributed by atoms with Gasteiger partial charge in [0.05, 0.1) is 45.8 Å². The molecule has 174 valence electrons. The van der Waals surface area contributed by atoms with E-state index in [1.807, 2.05) is 0 Å². The van der Waals surface area contributed by atoms with Crippen LogP contribution in [0.15, 0.2) is 40.3 Å². The predicted molar refractivity (Wildman–Crippen MR) is 113 cm³/mol. The number of nitrogens with one attached hydrogen (secondary N) is 1. The summed E-state index contributed by atoms with van der Waals surface area (Å²) in [6.45, 7) is 0.698. The molecule has 2 heterocycles. The van der Waals surface area contributed by atoms with Crippen LogP contribution < -0.4 is 14.9 Å². The number of anilines is 1. The van der Waals surface area contributed by atoms with E-state index in [4.69, 9.17) is 14.2 Å². The van der Waals surface area contributed by atoms with Gasteiger partial charge >= 0.3 is 0 Å². The molecule has 2 aliphatic heterocycles. The van der Waals surface area contributed by atoms with Crippen LogP contribution in [-0.2, 0) is 14.8 Å². The van der Waals surface area contributed by atoms with Crippen LogP contribution in [0.25, 0.3) is 0 Å². The Kier molecular flexibility index (Phi) is 6.08. The van der Waals surface area contributed by atoms with Crippen molar-refractivity contribution in [2.75, 3.05) is 38.5 Å². The van der Waals surface area contributed by atoms with Crippen LogP contribution >= 0.6 is 0 Å². The van der Waals surface area contributed by atoms with E-state index in [-0.39, 0.29) is 60.7 Å². The van der Waals surface area contributed by atoms with Crippen LogP contribution in [0.3, 0.4) is 0 Å². The molecule has 0 radical (unpaired) electrons. The molecule has 33 heavy (non-hydrogen) atoms. The number of nitro benzene ring substituents is 2. The third kappa shape index (κ3) is 4.55. The Morgan fingerprint density at radius 1 is 1.00 bits per heavy atom. The van der Waals surface area contributed by atoms with Crippen molar-refractivity contribution >= 4 is 33.3 Å². The van der Waals surface area contributed by atoms with Crippen molar-refractivity contribution in [3.63, 3.8) is 0 Å².